The van der Waals surface area contributed by atoms with Crippen LogP contribution < -0.4 is 19.5 Å². The van der Waals surface area contributed by atoms with E-state index in [9.17, 15) is 4.39 Å². The number of benzene rings is 2. The minimum atomic E-state index is -0.231. The van der Waals surface area contributed by atoms with Gasteiger partial charge < -0.3 is 19.5 Å². The average Bonchev–Trinajstić information content (AvgIpc) is 2.61. The number of rotatable bonds is 7. The fourth-order valence-corrected chi connectivity index (χ4v) is 3.04. The molecule has 0 aliphatic carbocycles. The number of halogens is 1. The second kappa shape index (κ2) is 8.41. The molecule has 5 heteroatoms. The molecule has 1 N–H and O–H groups in total. The number of methoxy groups -OCH3 is 3. The summed E-state index contributed by atoms with van der Waals surface area (Å²) in [5.74, 6) is 1.59. The Labute approximate surface area is 155 Å². The van der Waals surface area contributed by atoms with Crippen LogP contribution in [0.2, 0.25) is 0 Å². The molecule has 142 valence electrons. The van der Waals surface area contributed by atoms with Gasteiger partial charge in [-0.05, 0) is 40.8 Å². The molecule has 2 aromatic rings. The van der Waals surface area contributed by atoms with Crippen LogP contribution in [0.5, 0.6) is 17.2 Å². The second-order valence-electron chi connectivity index (χ2n) is 7.27. The van der Waals surface area contributed by atoms with Crippen LogP contribution in [-0.2, 0) is 6.54 Å². The van der Waals surface area contributed by atoms with Crippen LogP contribution in [-0.4, -0.2) is 21.3 Å². The Morgan fingerprint density at radius 3 is 1.88 bits per heavy atom. The Balaban J connectivity index is 2.27. The van der Waals surface area contributed by atoms with Crippen molar-refractivity contribution in [3.63, 3.8) is 0 Å². The lowest BCUT2D eigenvalue weighted by molar-refractivity contribution is 0.270. The lowest BCUT2D eigenvalue weighted by Gasteiger charge is -2.32. The van der Waals surface area contributed by atoms with Gasteiger partial charge in [0.1, 0.15) is 5.82 Å². The van der Waals surface area contributed by atoms with E-state index in [2.05, 4.69) is 26.1 Å². The highest BCUT2D eigenvalue weighted by molar-refractivity contribution is 5.53. The summed E-state index contributed by atoms with van der Waals surface area (Å²) in [6.07, 6.45) is 0. The van der Waals surface area contributed by atoms with Crippen LogP contribution in [0, 0.1) is 11.2 Å². The van der Waals surface area contributed by atoms with Crippen LogP contribution in [0.15, 0.2) is 36.4 Å². The van der Waals surface area contributed by atoms with E-state index in [0.717, 1.165) is 11.1 Å². The normalized spacial score (nSPS) is 12.6. The van der Waals surface area contributed by atoms with Crippen molar-refractivity contribution in [3.05, 3.63) is 53.3 Å². The highest BCUT2D eigenvalue weighted by Gasteiger charge is 2.26. The predicted molar refractivity (Wildman–Crippen MR) is 102 cm³/mol. The molecule has 0 amide bonds. The first-order chi connectivity index (χ1) is 12.3. The van der Waals surface area contributed by atoms with Gasteiger partial charge in [0.15, 0.2) is 11.5 Å². The van der Waals surface area contributed by atoms with E-state index in [1.807, 2.05) is 24.3 Å². The third-order valence-corrected chi connectivity index (χ3v) is 4.30. The molecule has 0 saturated heterocycles. The molecule has 0 aliphatic heterocycles. The Bertz CT molecular complexity index is 698. The van der Waals surface area contributed by atoms with Crippen molar-refractivity contribution in [1.29, 1.82) is 0 Å². The summed E-state index contributed by atoms with van der Waals surface area (Å²) < 4.78 is 29.5. The standard InChI is InChI=1S/C21H28FNO3/c1-21(2,3)20(15-7-9-16(22)10-8-15)23-13-14-11-17(24-4)19(26-6)18(12-14)25-5/h7-12,20,23H,13H2,1-6H3. The molecular weight excluding hydrogens is 333 g/mol. The van der Waals surface area contributed by atoms with Crippen molar-refractivity contribution >= 4 is 0 Å². The molecule has 0 fully saturated rings. The third-order valence-electron chi connectivity index (χ3n) is 4.30. The van der Waals surface area contributed by atoms with Crippen LogP contribution in [0.1, 0.15) is 37.9 Å². The highest BCUT2D eigenvalue weighted by Crippen LogP contribution is 2.39. The maximum absolute atomic E-state index is 13.3. The summed E-state index contributed by atoms with van der Waals surface area (Å²) in [5.41, 5.74) is 2.01. The van der Waals surface area contributed by atoms with E-state index in [1.165, 1.54) is 12.1 Å². The monoisotopic (exact) mass is 361 g/mol. The molecule has 2 rings (SSSR count). The zero-order chi connectivity index (χ0) is 19.3. The topological polar surface area (TPSA) is 39.7 Å². The maximum Gasteiger partial charge on any atom is 0.203 e. The summed E-state index contributed by atoms with van der Waals surface area (Å²) in [5, 5.41) is 3.58. The Kier molecular flexibility index (Phi) is 6.48. The van der Waals surface area contributed by atoms with Gasteiger partial charge in [-0.15, -0.1) is 0 Å². The zero-order valence-electron chi connectivity index (χ0n) is 16.4. The highest BCUT2D eigenvalue weighted by atomic mass is 19.1. The van der Waals surface area contributed by atoms with Gasteiger partial charge in [-0.1, -0.05) is 32.9 Å². The SMILES string of the molecule is COc1cc(CNC(c2ccc(F)cc2)C(C)(C)C)cc(OC)c1OC. The van der Waals surface area contributed by atoms with Crippen molar-refractivity contribution in [2.45, 2.75) is 33.4 Å². The molecule has 0 bridgehead atoms. The van der Waals surface area contributed by atoms with Crippen molar-refractivity contribution in [2.24, 2.45) is 5.41 Å². The Hall–Kier alpha value is -2.27. The van der Waals surface area contributed by atoms with E-state index < -0.39 is 0 Å². The molecule has 0 radical (unpaired) electrons. The van der Waals surface area contributed by atoms with Crippen molar-refractivity contribution in [1.82, 2.24) is 5.32 Å². The van der Waals surface area contributed by atoms with Crippen LogP contribution >= 0.6 is 0 Å². The van der Waals surface area contributed by atoms with Gasteiger partial charge in [-0.25, -0.2) is 4.39 Å². The molecule has 1 unspecified atom stereocenters. The number of hydrogen-bond donors (Lipinski definition) is 1. The van der Waals surface area contributed by atoms with Crippen molar-refractivity contribution in [3.8, 4) is 17.2 Å². The summed E-state index contributed by atoms with van der Waals surface area (Å²) in [6.45, 7) is 7.08. The van der Waals surface area contributed by atoms with Crippen LogP contribution in [0.25, 0.3) is 0 Å². The fraction of sp³-hybridized carbons (Fsp3) is 0.429. The quantitative estimate of drug-likeness (QED) is 0.774. The third kappa shape index (κ3) is 4.67. The van der Waals surface area contributed by atoms with E-state index in [4.69, 9.17) is 14.2 Å². The van der Waals surface area contributed by atoms with Gasteiger partial charge in [0.2, 0.25) is 5.75 Å². The molecule has 0 aromatic heterocycles. The number of nitrogens with one attached hydrogen (secondary N) is 1. The zero-order valence-corrected chi connectivity index (χ0v) is 16.4. The molecule has 4 nitrogen and oxygen atoms in total. The van der Waals surface area contributed by atoms with E-state index in [1.54, 1.807) is 21.3 Å². The lowest BCUT2D eigenvalue weighted by atomic mass is 9.82. The van der Waals surface area contributed by atoms with Gasteiger partial charge in [-0.2, -0.15) is 0 Å². The van der Waals surface area contributed by atoms with Gasteiger partial charge in [-0.3, -0.25) is 0 Å². The Morgan fingerprint density at radius 1 is 0.923 bits per heavy atom. The minimum absolute atomic E-state index is 0.0432. The smallest absolute Gasteiger partial charge is 0.203 e. The van der Waals surface area contributed by atoms with Gasteiger partial charge in [0, 0.05) is 12.6 Å². The molecular formula is C21H28FNO3. The molecule has 0 heterocycles. The van der Waals surface area contributed by atoms with Crippen LogP contribution in [0.4, 0.5) is 4.39 Å². The molecule has 0 saturated carbocycles. The van der Waals surface area contributed by atoms with E-state index >= 15 is 0 Å². The predicted octanol–water partition coefficient (Wildman–Crippen LogP) is 4.73. The molecule has 0 aliphatic rings. The largest absolute Gasteiger partial charge is 0.493 e. The molecule has 0 spiro atoms. The molecule has 1 atom stereocenters. The summed E-state index contributed by atoms with van der Waals surface area (Å²) in [7, 11) is 4.79. The first-order valence-electron chi connectivity index (χ1n) is 8.58. The average molecular weight is 361 g/mol. The van der Waals surface area contributed by atoms with E-state index in [-0.39, 0.29) is 17.3 Å². The van der Waals surface area contributed by atoms with Crippen molar-refractivity contribution in [2.75, 3.05) is 21.3 Å². The second-order valence-corrected chi connectivity index (χ2v) is 7.27. The van der Waals surface area contributed by atoms with Gasteiger partial charge in [0.25, 0.3) is 0 Å². The van der Waals surface area contributed by atoms with Crippen LogP contribution in [0.3, 0.4) is 0 Å². The minimum Gasteiger partial charge on any atom is -0.493 e. The maximum atomic E-state index is 13.3. The van der Waals surface area contributed by atoms with Crippen molar-refractivity contribution < 1.29 is 18.6 Å². The van der Waals surface area contributed by atoms with Gasteiger partial charge >= 0.3 is 0 Å². The summed E-state index contributed by atoms with van der Waals surface area (Å²) in [4.78, 5) is 0. The lowest BCUT2D eigenvalue weighted by Crippen LogP contribution is -2.32. The van der Waals surface area contributed by atoms with Gasteiger partial charge in [0.05, 0.1) is 21.3 Å². The van der Waals surface area contributed by atoms with E-state index in [0.29, 0.717) is 23.8 Å². The fourth-order valence-electron chi connectivity index (χ4n) is 3.04. The summed E-state index contributed by atoms with van der Waals surface area (Å²) >= 11 is 0. The summed E-state index contributed by atoms with van der Waals surface area (Å²) in [6, 6.07) is 10.6. The first-order valence-corrected chi connectivity index (χ1v) is 8.58. The number of ether oxygens (including phenoxy) is 3. The first kappa shape index (κ1) is 20.0. The Morgan fingerprint density at radius 2 is 1.46 bits per heavy atom. The molecule has 2 aromatic carbocycles. The molecule has 26 heavy (non-hydrogen) atoms. The number of hydrogen-bond acceptors (Lipinski definition) is 4.